The third kappa shape index (κ3) is 3.94. The molecule has 3 unspecified atom stereocenters. The average Bonchev–Trinajstić information content (AvgIpc) is 2.64. The van der Waals surface area contributed by atoms with Gasteiger partial charge in [0.2, 0.25) is 0 Å². The Morgan fingerprint density at radius 3 is 2.31 bits per heavy atom. The normalized spacial score (nSPS) is 25.0. The third-order valence-electron chi connectivity index (χ3n) is 6.18. The lowest BCUT2D eigenvalue weighted by atomic mass is 9.74. The summed E-state index contributed by atoms with van der Waals surface area (Å²) in [5, 5.41) is 31.8. The van der Waals surface area contributed by atoms with Gasteiger partial charge >= 0.3 is 5.97 Å². The molecule has 1 aromatic carbocycles. The molecule has 3 atom stereocenters. The number of hydrogen-bond acceptors (Lipinski definition) is 8. The van der Waals surface area contributed by atoms with Crippen molar-refractivity contribution in [3.05, 3.63) is 23.3 Å². The molecule has 3 N–H and O–H groups in total. The molecule has 2 heterocycles. The van der Waals surface area contributed by atoms with E-state index in [0.29, 0.717) is 24.5 Å². The number of carbonyl (C=O) groups is 1. The molecule has 0 spiro atoms. The lowest BCUT2D eigenvalue weighted by molar-refractivity contribution is -0.313. The second-order valence-electron chi connectivity index (χ2n) is 8.44. The minimum absolute atomic E-state index is 0.0724. The fraction of sp³-hybridized carbons (Fsp3) is 0.667. The zero-order valence-electron chi connectivity index (χ0n) is 17.6. The molecule has 162 valence electrons. The predicted molar refractivity (Wildman–Crippen MR) is 105 cm³/mol. The Labute approximate surface area is 171 Å². The predicted octanol–water partition coefficient (Wildman–Crippen LogP) is 1.01. The largest absolute Gasteiger partial charge is 0.493 e. The van der Waals surface area contributed by atoms with Crippen LogP contribution in [0.5, 0.6) is 11.5 Å². The van der Waals surface area contributed by atoms with E-state index in [4.69, 9.17) is 14.2 Å². The SMILES string of the molecule is COc1cc2c(cc1OC)C1CC(OC(C)=O)C(C(O)(O)C(C)(C)O)CN1CC2. The molecule has 8 nitrogen and oxygen atoms in total. The molecule has 0 radical (unpaired) electrons. The maximum Gasteiger partial charge on any atom is 0.302 e. The van der Waals surface area contributed by atoms with Crippen molar-refractivity contribution in [3.63, 3.8) is 0 Å². The summed E-state index contributed by atoms with van der Waals surface area (Å²) >= 11 is 0. The number of hydrogen-bond donors (Lipinski definition) is 3. The van der Waals surface area contributed by atoms with E-state index in [1.807, 2.05) is 12.1 Å². The van der Waals surface area contributed by atoms with Crippen LogP contribution in [-0.4, -0.2) is 71.0 Å². The van der Waals surface area contributed by atoms with E-state index in [-0.39, 0.29) is 12.6 Å². The monoisotopic (exact) mass is 409 g/mol. The van der Waals surface area contributed by atoms with Crippen molar-refractivity contribution in [1.29, 1.82) is 0 Å². The van der Waals surface area contributed by atoms with E-state index in [1.165, 1.54) is 20.8 Å². The third-order valence-corrected chi connectivity index (χ3v) is 6.18. The number of esters is 1. The first-order chi connectivity index (χ1) is 13.5. The van der Waals surface area contributed by atoms with Gasteiger partial charge in [0.1, 0.15) is 11.7 Å². The molecule has 3 rings (SSSR count). The summed E-state index contributed by atoms with van der Waals surface area (Å²) < 4.78 is 16.4. The van der Waals surface area contributed by atoms with Crippen LogP contribution in [0.3, 0.4) is 0 Å². The number of methoxy groups -OCH3 is 2. The van der Waals surface area contributed by atoms with Crippen molar-refractivity contribution in [2.75, 3.05) is 27.3 Å². The molecule has 2 aliphatic rings. The molecule has 1 aromatic rings. The summed E-state index contributed by atoms with van der Waals surface area (Å²) in [5.74, 6) is -2.49. The Bertz CT molecular complexity index is 771. The van der Waals surface area contributed by atoms with Gasteiger partial charge in [-0.2, -0.15) is 0 Å². The molecular weight excluding hydrogens is 378 g/mol. The minimum Gasteiger partial charge on any atom is -0.493 e. The van der Waals surface area contributed by atoms with Crippen LogP contribution in [-0.2, 0) is 16.0 Å². The summed E-state index contributed by atoms with van der Waals surface area (Å²) in [7, 11) is 3.18. The summed E-state index contributed by atoms with van der Waals surface area (Å²) in [5.41, 5.74) is 0.396. The van der Waals surface area contributed by atoms with Crippen LogP contribution in [0.2, 0.25) is 0 Å². The highest BCUT2D eigenvalue weighted by molar-refractivity contribution is 5.66. The van der Waals surface area contributed by atoms with Crippen LogP contribution >= 0.6 is 0 Å². The van der Waals surface area contributed by atoms with Crippen LogP contribution in [0.1, 0.15) is 44.4 Å². The Balaban J connectivity index is 1.99. The van der Waals surface area contributed by atoms with Gasteiger partial charge in [-0.3, -0.25) is 9.69 Å². The summed E-state index contributed by atoms with van der Waals surface area (Å²) in [6.07, 6.45) is 0.393. The van der Waals surface area contributed by atoms with Crippen molar-refractivity contribution in [2.45, 2.75) is 57.1 Å². The van der Waals surface area contributed by atoms with Gasteiger partial charge in [0.15, 0.2) is 17.3 Å². The fourth-order valence-electron chi connectivity index (χ4n) is 4.51. The van der Waals surface area contributed by atoms with Crippen LogP contribution in [0.4, 0.5) is 0 Å². The van der Waals surface area contributed by atoms with E-state index in [2.05, 4.69) is 4.90 Å². The summed E-state index contributed by atoms with van der Waals surface area (Å²) in [6.45, 7) is 4.96. The highest BCUT2D eigenvalue weighted by atomic mass is 16.6. The van der Waals surface area contributed by atoms with Crippen molar-refractivity contribution < 1.29 is 34.3 Å². The Morgan fingerprint density at radius 1 is 1.14 bits per heavy atom. The van der Waals surface area contributed by atoms with Crippen LogP contribution in [0.25, 0.3) is 0 Å². The quantitative estimate of drug-likeness (QED) is 0.488. The molecule has 0 aromatic heterocycles. The zero-order chi connectivity index (χ0) is 21.6. The van der Waals surface area contributed by atoms with Crippen molar-refractivity contribution in [2.24, 2.45) is 5.92 Å². The van der Waals surface area contributed by atoms with Gasteiger partial charge in [-0.05, 0) is 43.5 Å². The molecule has 0 aliphatic carbocycles. The highest BCUT2D eigenvalue weighted by Gasteiger charge is 2.55. The number of nitrogens with zero attached hydrogens (tertiary/aromatic N) is 1. The smallest absolute Gasteiger partial charge is 0.302 e. The maximum absolute atomic E-state index is 11.7. The summed E-state index contributed by atoms with van der Waals surface area (Å²) in [4.78, 5) is 13.9. The molecule has 2 aliphatic heterocycles. The van der Waals surface area contributed by atoms with Gasteiger partial charge in [-0.1, -0.05) is 0 Å². The molecular formula is C21H31NO7. The lowest BCUT2D eigenvalue weighted by Crippen LogP contribution is -2.64. The Kier molecular flexibility index (Phi) is 5.84. The number of aliphatic hydroxyl groups is 3. The molecule has 0 saturated carbocycles. The standard InChI is InChI=1S/C21H31NO7/c1-12(23)29-17-10-16-14-9-19(28-5)18(27-4)8-13(14)6-7-22(16)11-15(17)21(25,26)20(2,3)24/h8-9,15-17,24-26H,6-7,10-11H2,1-5H3. The topological polar surface area (TPSA) is 109 Å². The maximum atomic E-state index is 11.7. The molecule has 0 amide bonds. The number of ether oxygens (including phenoxy) is 3. The van der Waals surface area contributed by atoms with Gasteiger partial charge in [0, 0.05) is 32.5 Å². The molecule has 29 heavy (non-hydrogen) atoms. The van der Waals surface area contributed by atoms with E-state index >= 15 is 0 Å². The van der Waals surface area contributed by atoms with Crippen molar-refractivity contribution in [3.8, 4) is 11.5 Å². The van der Waals surface area contributed by atoms with Crippen LogP contribution < -0.4 is 9.47 Å². The number of rotatable bonds is 5. The lowest BCUT2D eigenvalue weighted by Gasteiger charge is -2.51. The number of carbonyl (C=O) groups excluding carboxylic acids is 1. The summed E-state index contributed by atoms with van der Waals surface area (Å²) in [6, 6.07) is 3.84. The zero-order valence-corrected chi connectivity index (χ0v) is 17.6. The van der Waals surface area contributed by atoms with Crippen LogP contribution in [0, 0.1) is 5.92 Å². The van der Waals surface area contributed by atoms with Crippen LogP contribution in [0.15, 0.2) is 12.1 Å². The average molecular weight is 409 g/mol. The van der Waals surface area contributed by atoms with Gasteiger partial charge in [-0.15, -0.1) is 0 Å². The number of piperidine rings is 1. The Hall–Kier alpha value is -1.87. The minimum atomic E-state index is -2.42. The molecule has 1 saturated heterocycles. The Morgan fingerprint density at radius 2 is 1.76 bits per heavy atom. The first kappa shape index (κ1) is 21.8. The molecule has 0 bridgehead atoms. The molecule has 1 fully saturated rings. The molecule has 8 heteroatoms. The van der Waals surface area contributed by atoms with E-state index in [1.54, 1.807) is 14.2 Å². The number of fused-ring (bicyclic) bond motifs is 3. The first-order valence-electron chi connectivity index (χ1n) is 9.82. The van der Waals surface area contributed by atoms with Gasteiger partial charge in [0.05, 0.1) is 20.1 Å². The number of benzene rings is 1. The van der Waals surface area contributed by atoms with Gasteiger partial charge in [-0.25, -0.2) is 0 Å². The van der Waals surface area contributed by atoms with E-state index in [0.717, 1.165) is 17.5 Å². The van der Waals surface area contributed by atoms with Gasteiger partial charge < -0.3 is 29.5 Å². The van der Waals surface area contributed by atoms with E-state index < -0.39 is 29.4 Å². The second-order valence-corrected chi connectivity index (χ2v) is 8.44. The first-order valence-corrected chi connectivity index (χ1v) is 9.82. The second kappa shape index (κ2) is 7.75. The fourth-order valence-corrected chi connectivity index (χ4v) is 4.51. The van der Waals surface area contributed by atoms with Crippen molar-refractivity contribution in [1.82, 2.24) is 4.90 Å². The van der Waals surface area contributed by atoms with Gasteiger partial charge in [0.25, 0.3) is 0 Å². The van der Waals surface area contributed by atoms with Crippen molar-refractivity contribution >= 4 is 5.97 Å². The highest BCUT2D eigenvalue weighted by Crippen LogP contribution is 2.46. The van der Waals surface area contributed by atoms with E-state index in [9.17, 15) is 20.1 Å².